The van der Waals surface area contributed by atoms with Crippen LogP contribution in [-0.4, -0.2) is 26.8 Å². The van der Waals surface area contributed by atoms with Gasteiger partial charge in [0.1, 0.15) is 16.7 Å². The average molecular weight is 454 g/mol. The number of nitrogens with two attached hydrogens (primary N) is 2. The first kappa shape index (κ1) is 20.8. The van der Waals surface area contributed by atoms with Crippen molar-refractivity contribution in [3.05, 3.63) is 94.7 Å². The highest BCUT2D eigenvalue weighted by Gasteiger charge is 2.48. The van der Waals surface area contributed by atoms with Crippen LogP contribution in [0.15, 0.2) is 78.2 Å². The first-order chi connectivity index (χ1) is 14.8. The molecule has 2 aromatic heterocycles. The van der Waals surface area contributed by atoms with Gasteiger partial charge < -0.3 is 16.5 Å². The lowest BCUT2D eigenvalue weighted by molar-refractivity contribution is -0.122. The fourth-order valence-electron chi connectivity index (χ4n) is 3.67. The highest BCUT2D eigenvalue weighted by molar-refractivity contribution is 6.35. The van der Waals surface area contributed by atoms with Crippen LogP contribution in [0.3, 0.4) is 0 Å². The van der Waals surface area contributed by atoms with Gasteiger partial charge in [0, 0.05) is 34.2 Å². The van der Waals surface area contributed by atoms with Crippen LogP contribution in [0.25, 0.3) is 11.3 Å². The Morgan fingerprint density at radius 1 is 0.968 bits per heavy atom. The predicted octanol–water partition coefficient (Wildman–Crippen LogP) is 2.96. The van der Waals surface area contributed by atoms with Gasteiger partial charge in [0.25, 0.3) is 0 Å². The lowest BCUT2D eigenvalue weighted by atomic mass is 9.69. The van der Waals surface area contributed by atoms with Crippen LogP contribution in [0.1, 0.15) is 11.4 Å². The Hall–Kier alpha value is -3.42. The topological polar surface area (TPSA) is 128 Å². The first-order valence-corrected chi connectivity index (χ1v) is 9.97. The summed E-state index contributed by atoms with van der Waals surface area (Å²) in [5.74, 6) is -1.16. The van der Waals surface area contributed by atoms with Crippen molar-refractivity contribution >= 4 is 35.0 Å². The largest absolute Gasteiger partial charge is 0.368 e. The third kappa shape index (κ3) is 3.22. The smallest absolute Gasteiger partial charge is 0.239 e. The molecule has 2 unspecified atom stereocenters. The number of pyridine rings is 1. The van der Waals surface area contributed by atoms with Gasteiger partial charge in [0.15, 0.2) is 0 Å². The van der Waals surface area contributed by atoms with Gasteiger partial charge in [0.2, 0.25) is 11.8 Å². The number of imidazole rings is 1. The number of benzene rings is 1. The van der Waals surface area contributed by atoms with Crippen molar-refractivity contribution in [1.29, 1.82) is 0 Å². The number of hydrogen-bond acceptors (Lipinski definition) is 4. The van der Waals surface area contributed by atoms with E-state index in [-0.39, 0.29) is 10.9 Å². The van der Waals surface area contributed by atoms with Crippen LogP contribution in [0.2, 0.25) is 5.02 Å². The first-order valence-electron chi connectivity index (χ1n) is 9.21. The molecule has 7 nitrogen and oxygen atoms in total. The van der Waals surface area contributed by atoms with E-state index in [1.807, 2.05) is 6.07 Å². The van der Waals surface area contributed by atoms with E-state index >= 15 is 0 Å². The zero-order chi connectivity index (χ0) is 22.2. The molecule has 0 saturated carbocycles. The molecule has 2 atom stereocenters. The molecule has 1 aromatic carbocycles. The summed E-state index contributed by atoms with van der Waals surface area (Å²) in [5, 5.41) is 0.469. The van der Waals surface area contributed by atoms with Crippen LogP contribution < -0.4 is 11.5 Å². The fraction of sp³-hybridized carbons (Fsp3) is 0.0909. The van der Waals surface area contributed by atoms with Gasteiger partial charge in [-0.2, -0.15) is 0 Å². The average Bonchev–Trinajstić information content (AvgIpc) is 3.30. The zero-order valence-electron chi connectivity index (χ0n) is 16.0. The van der Waals surface area contributed by atoms with E-state index in [2.05, 4.69) is 15.0 Å². The third-order valence-corrected chi connectivity index (χ3v) is 6.11. The number of amides is 2. The minimum atomic E-state index is -1.53. The Balaban J connectivity index is 1.90. The van der Waals surface area contributed by atoms with Crippen LogP contribution in [0, 0.1) is 0 Å². The number of rotatable bonds is 5. The Labute approximate surface area is 187 Å². The lowest BCUT2D eigenvalue weighted by Gasteiger charge is -2.35. The summed E-state index contributed by atoms with van der Waals surface area (Å²) in [6, 6.07) is 10.4. The number of nitrogens with one attached hydrogen (secondary N) is 1. The van der Waals surface area contributed by atoms with E-state index in [4.69, 9.17) is 34.7 Å². The second kappa shape index (κ2) is 7.68. The molecule has 3 aromatic rings. The number of aromatic amines is 1. The maximum absolute atomic E-state index is 12.7. The Kier molecular flexibility index (Phi) is 5.16. The van der Waals surface area contributed by atoms with E-state index in [1.165, 1.54) is 24.4 Å². The summed E-state index contributed by atoms with van der Waals surface area (Å²) < 4.78 is 0. The summed E-state index contributed by atoms with van der Waals surface area (Å²) in [6.45, 7) is 0. The van der Waals surface area contributed by atoms with E-state index in [0.717, 1.165) is 0 Å². The van der Waals surface area contributed by atoms with Crippen molar-refractivity contribution < 1.29 is 9.59 Å². The maximum atomic E-state index is 12.7. The third-order valence-electron chi connectivity index (χ3n) is 5.38. The number of carbonyl (C=O) groups is 2. The van der Waals surface area contributed by atoms with Gasteiger partial charge >= 0.3 is 0 Å². The van der Waals surface area contributed by atoms with Crippen LogP contribution in [-0.2, 0) is 20.4 Å². The summed E-state index contributed by atoms with van der Waals surface area (Å²) in [4.78, 5) is 36.5. The number of H-pyrrole nitrogens is 1. The number of carbonyl (C=O) groups excluding carboxylic acids is 2. The molecule has 156 valence electrons. The van der Waals surface area contributed by atoms with Crippen molar-refractivity contribution in [3.63, 3.8) is 0 Å². The second-order valence-corrected chi connectivity index (χ2v) is 7.89. The molecule has 2 amide bonds. The molecule has 0 radical (unpaired) electrons. The molecule has 0 fully saturated rings. The molecule has 9 heteroatoms. The lowest BCUT2D eigenvalue weighted by Crippen LogP contribution is -2.47. The van der Waals surface area contributed by atoms with Crippen LogP contribution in [0.5, 0.6) is 0 Å². The van der Waals surface area contributed by atoms with Crippen molar-refractivity contribution in [1.82, 2.24) is 15.0 Å². The molecule has 0 saturated heterocycles. The molecule has 4 rings (SSSR count). The van der Waals surface area contributed by atoms with Gasteiger partial charge in [-0.1, -0.05) is 47.5 Å². The van der Waals surface area contributed by atoms with Crippen LogP contribution >= 0.6 is 23.2 Å². The number of primary amides is 2. The van der Waals surface area contributed by atoms with Crippen molar-refractivity contribution in [2.24, 2.45) is 11.5 Å². The molecule has 2 heterocycles. The van der Waals surface area contributed by atoms with E-state index in [1.54, 1.807) is 42.7 Å². The number of halogens is 2. The van der Waals surface area contributed by atoms with E-state index in [0.29, 0.717) is 21.8 Å². The second-order valence-electron chi connectivity index (χ2n) is 7.08. The minimum absolute atomic E-state index is 0.0204. The monoisotopic (exact) mass is 453 g/mol. The van der Waals surface area contributed by atoms with Crippen molar-refractivity contribution in [2.75, 3.05) is 0 Å². The fourth-order valence-corrected chi connectivity index (χ4v) is 4.32. The summed E-state index contributed by atoms with van der Waals surface area (Å²) in [5.41, 5.74) is 10.2. The van der Waals surface area contributed by atoms with Crippen molar-refractivity contribution in [2.45, 2.75) is 10.8 Å². The molecule has 1 aliphatic rings. The van der Waals surface area contributed by atoms with Gasteiger partial charge in [-0.3, -0.25) is 14.6 Å². The SMILES string of the molecule is NC(=O)C1(c2ncc[nH]2)C=CC(C(N)=O)(c2ccc(Cl)c(-c3ccccn3)c2)C(Cl)=C1. The van der Waals surface area contributed by atoms with Gasteiger partial charge in [-0.15, -0.1) is 0 Å². The van der Waals surface area contributed by atoms with Crippen molar-refractivity contribution in [3.8, 4) is 11.3 Å². The summed E-state index contributed by atoms with van der Waals surface area (Å²) in [7, 11) is 0. The number of aromatic nitrogens is 3. The number of hydrogen-bond donors (Lipinski definition) is 3. The van der Waals surface area contributed by atoms with E-state index in [9.17, 15) is 9.59 Å². The summed E-state index contributed by atoms with van der Waals surface area (Å²) in [6.07, 6.45) is 9.06. The van der Waals surface area contributed by atoms with Gasteiger partial charge in [0.05, 0.1) is 5.69 Å². The zero-order valence-corrected chi connectivity index (χ0v) is 17.6. The quantitative estimate of drug-likeness (QED) is 0.512. The Morgan fingerprint density at radius 3 is 2.35 bits per heavy atom. The highest BCUT2D eigenvalue weighted by Crippen LogP contribution is 2.45. The molecular weight excluding hydrogens is 437 g/mol. The minimum Gasteiger partial charge on any atom is -0.368 e. The molecular formula is C22H17Cl2N5O2. The molecule has 0 bridgehead atoms. The maximum Gasteiger partial charge on any atom is 0.239 e. The molecule has 5 N–H and O–H groups in total. The molecule has 1 aliphatic carbocycles. The van der Waals surface area contributed by atoms with Gasteiger partial charge in [-0.25, -0.2) is 4.98 Å². The predicted molar refractivity (Wildman–Crippen MR) is 118 cm³/mol. The normalized spacial score (nSPS) is 22.7. The summed E-state index contributed by atoms with van der Waals surface area (Å²) >= 11 is 13.1. The molecule has 0 spiro atoms. The Bertz CT molecular complexity index is 1220. The Morgan fingerprint density at radius 2 is 1.77 bits per heavy atom. The molecule has 31 heavy (non-hydrogen) atoms. The standard InChI is InChI=1S/C22H17Cl2N5O2/c23-15-5-4-13(11-14(15)16-3-1-2-8-27-16)22(19(26)31)7-6-21(18(25)30,12-17(22)24)20-28-9-10-29-20/h1-12H,(H2,25,30)(H2,26,31)(H,28,29). The molecule has 0 aliphatic heterocycles. The van der Waals surface area contributed by atoms with Crippen LogP contribution in [0.4, 0.5) is 0 Å². The number of nitrogens with zero attached hydrogens (tertiary/aromatic N) is 2. The van der Waals surface area contributed by atoms with E-state index < -0.39 is 22.6 Å². The van der Waals surface area contributed by atoms with Gasteiger partial charge in [-0.05, 0) is 35.9 Å². The highest BCUT2D eigenvalue weighted by atomic mass is 35.5.